The molecule has 2 aromatic rings. The molecule has 1 aliphatic heterocycles. The molecule has 0 unspecified atom stereocenters. The lowest BCUT2D eigenvalue weighted by Crippen LogP contribution is -2.35. The van der Waals surface area contributed by atoms with Gasteiger partial charge in [0.25, 0.3) is 5.56 Å². The second-order valence-electron chi connectivity index (χ2n) is 5.06. The maximum Gasteiger partial charge on any atom is 0.256 e. The van der Waals surface area contributed by atoms with Gasteiger partial charge in [0.1, 0.15) is 5.76 Å². The summed E-state index contributed by atoms with van der Waals surface area (Å²) in [6.07, 6.45) is 0.790. The average Bonchev–Trinajstić information content (AvgIpc) is 2.68. The van der Waals surface area contributed by atoms with Crippen LogP contribution in [0.2, 0.25) is 0 Å². The zero-order valence-corrected chi connectivity index (χ0v) is 12.3. The Balaban J connectivity index is 1.84. The van der Waals surface area contributed by atoms with Crippen molar-refractivity contribution in [2.24, 2.45) is 0 Å². The second-order valence-corrected chi connectivity index (χ2v) is 5.47. The van der Waals surface area contributed by atoms with Crippen LogP contribution in [0.1, 0.15) is 28.6 Å². The first-order valence-corrected chi connectivity index (χ1v) is 6.93. The zero-order valence-electron chi connectivity index (χ0n) is 11.4. The Morgan fingerprint density at radius 1 is 1.40 bits per heavy atom. The molecule has 3 rings (SSSR count). The van der Waals surface area contributed by atoms with Gasteiger partial charge < -0.3 is 9.40 Å². The molecular formula is C13H16N4O2S. The van der Waals surface area contributed by atoms with Gasteiger partial charge in [0.2, 0.25) is 0 Å². The highest BCUT2D eigenvalue weighted by molar-refractivity contribution is 7.71. The molecule has 0 saturated carbocycles. The van der Waals surface area contributed by atoms with Crippen molar-refractivity contribution in [2.45, 2.75) is 33.4 Å². The molecule has 0 saturated heterocycles. The molecule has 0 radical (unpaired) electrons. The van der Waals surface area contributed by atoms with Gasteiger partial charge in [0, 0.05) is 38.7 Å². The van der Waals surface area contributed by atoms with E-state index in [0.717, 1.165) is 35.7 Å². The summed E-state index contributed by atoms with van der Waals surface area (Å²) >= 11 is 4.99. The molecule has 0 atom stereocenters. The normalized spacial score (nSPS) is 15.3. The van der Waals surface area contributed by atoms with Crippen LogP contribution < -0.4 is 5.56 Å². The molecule has 3 heterocycles. The van der Waals surface area contributed by atoms with Gasteiger partial charge in [0.05, 0.1) is 11.3 Å². The molecular weight excluding hydrogens is 276 g/mol. The molecule has 20 heavy (non-hydrogen) atoms. The molecule has 0 bridgehead atoms. The number of H-pyrrole nitrogens is 2. The fourth-order valence-electron chi connectivity index (χ4n) is 2.58. The number of aromatic nitrogens is 3. The summed E-state index contributed by atoms with van der Waals surface area (Å²) in [5.41, 5.74) is 2.55. The largest absolute Gasteiger partial charge is 0.446 e. The smallest absolute Gasteiger partial charge is 0.256 e. The second kappa shape index (κ2) is 4.99. The summed E-state index contributed by atoms with van der Waals surface area (Å²) in [6, 6.07) is 0. The maximum atomic E-state index is 12.0. The van der Waals surface area contributed by atoms with E-state index in [1.165, 1.54) is 0 Å². The number of oxazole rings is 1. The fourth-order valence-corrected chi connectivity index (χ4v) is 2.79. The third-order valence-electron chi connectivity index (χ3n) is 3.56. The maximum absolute atomic E-state index is 12.0. The Kier molecular flexibility index (Phi) is 3.31. The van der Waals surface area contributed by atoms with Crippen LogP contribution in [0.4, 0.5) is 0 Å². The molecule has 106 valence electrons. The van der Waals surface area contributed by atoms with E-state index in [1.54, 1.807) is 0 Å². The van der Waals surface area contributed by atoms with Crippen molar-refractivity contribution in [2.75, 3.05) is 6.54 Å². The van der Waals surface area contributed by atoms with Crippen molar-refractivity contribution in [3.8, 4) is 0 Å². The SMILES string of the molecule is Cc1nc(CN2CCc3[nH]c(=S)[nH]c(=O)c3C2)c(C)o1. The number of hydrogen-bond donors (Lipinski definition) is 2. The minimum Gasteiger partial charge on any atom is -0.446 e. The zero-order chi connectivity index (χ0) is 14.3. The highest BCUT2D eigenvalue weighted by Gasteiger charge is 2.21. The van der Waals surface area contributed by atoms with Crippen molar-refractivity contribution in [3.63, 3.8) is 0 Å². The van der Waals surface area contributed by atoms with Gasteiger partial charge >= 0.3 is 0 Å². The van der Waals surface area contributed by atoms with E-state index in [2.05, 4.69) is 19.9 Å². The molecule has 0 spiro atoms. The van der Waals surface area contributed by atoms with E-state index < -0.39 is 0 Å². The van der Waals surface area contributed by atoms with Gasteiger partial charge in [0.15, 0.2) is 10.7 Å². The van der Waals surface area contributed by atoms with Crippen LogP contribution in [-0.4, -0.2) is 26.4 Å². The van der Waals surface area contributed by atoms with Gasteiger partial charge in [-0.15, -0.1) is 0 Å². The molecule has 0 aromatic carbocycles. The predicted octanol–water partition coefficient (Wildman–Crippen LogP) is 1.60. The highest BCUT2D eigenvalue weighted by atomic mass is 32.1. The lowest BCUT2D eigenvalue weighted by molar-refractivity contribution is 0.238. The lowest BCUT2D eigenvalue weighted by Gasteiger charge is -2.27. The Bertz CT molecular complexity index is 758. The van der Waals surface area contributed by atoms with Gasteiger partial charge in [-0.3, -0.25) is 14.7 Å². The average molecular weight is 292 g/mol. The van der Waals surface area contributed by atoms with E-state index in [4.69, 9.17) is 16.6 Å². The Morgan fingerprint density at radius 2 is 2.20 bits per heavy atom. The summed E-state index contributed by atoms with van der Waals surface area (Å²) in [7, 11) is 0. The van der Waals surface area contributed by atoms with E-state index in [-0.39, 0.29) is 5.56 Å². The van der Waals surface area contributed by atoms with E-state index in [0.29, 0.717) is 23.8 Å². The topological polar surface area (TPSA) is 77.9 Å². The van der Waals surface area contributed by atoms with Crippen LogP contribution in [0.15, 0.2) is 9.21 Å². The van der Waals surface area contributed by atoms with Gasteiger partial charge in [-0.05, 0) is 19.1 Å². The lowest BCUT2D eigenvalue weighted by atomic mass is 10.1. The Hall–Kier alpha value is -1.73. The summed E-state index contributed by atoms with van der Waals surface area (Å²) in [6.45, 7) is 5.91. The van der Waals surface area contributed by atoms with Crippen LogP contribution in [0.5, 0.6) is 0 Å². The van der Waals surface area contributed by atoms with E-state index >= 15 is 0 Å². The minimum absolute atomic E-state index is 0.0958. The molecule has 2 N–H and O–H groups in total. The summed E-state index contributed by atoms with van der Waals surface area (Å²) < 4.78 is 5.83. The van der Waals surface area contributed by atoms with Gasteiger partial charge in [-0.1, -0.05) is 0 Å². The molecule has 0 fully saturated rings. The number of nitrogens with one attached hydrogen (secondary N) is 2. The van der Waals surface area contributed by atoms with Crippen molar-refractivity contribution < 1.29 is 4.42 Å². The van der Waals surface area contributed by atoms with Crippen LogP contribution in [0.3, 0.4) is 0 Å². The third-order valence-corrected chi connectivity index (χ3v) is 3.77. The summed E-state index contributed by atoms with van der Waals surface area (Å²) in [5, 5.41) is 0. The highest BCUT2D eigenvalue weighted by Crippen LogP contribution is 2.17. The predicted molar refractivity (Wildman–Crippen MR) is 76.0 cm³/mol. The van der Waals surface area contributed by atoms with Crippen molar-refractivity contribution in [1.82, 2.24) is 19.9 Å². The number of hydrogen-bond acceptors (Lipinski definition) is 5. The van der Waals surface area contributed by atoms with E-state index in [1.807, 2.05) is 13.8 Å². The molecule has 7 heteroatoms. The van der Waals surface area contributed by atoms with Gasteiger partial charge in [-0.25, -0.2) is 4.98 Å². The Labute approximate surface area is 120 Å². The monoisotopic (exact) mass is 292 g/mol. The quantitative estimate of drug-likeness (QED) is 0.822. The van der Waals surface area contributed by atoms with Crippen molar-refractivity contribution >= 4 is 12.2 Å². The number of nitrogens with zero attached hydrogens (tertiary/aromatic N) is 2. The third kappa shape index (κ3) is 2.46. The standard InChI is InChI=1S/C13H16N4O2S/c1-7-11(14-8(2)19-7)6-17-4-3-10-9(5-17)12(18)16-13(20)15-10/h3-6H2,1-2H3,(H2,15,16,18,20). The molecule has 6 nitrogen and oxygen atoms in total. The van der Waals surface area contributed by atoms with Gasteiger partial charge in [-0.2, -0.15) is 0 Å². The number of fused-ring (bicyclic) bond motifs is 1. The van der Waals surface area contributed by atoms with Crippen LogP contribution >= 0.6 is 12.2 Å². The van der Waals surface area contributed by atoms with Crippen LogP contribution in [0, 0.1) is 18.6 Å². The summed E-state index contributed by atoms with van der Waals surface area (Å²) in [4.78, 5) is 24.2. The molecule has 0 amide bonds. The Morgan fingerprint density at radius 3 is 2.90 bits per heavy atom. The first-order valence-electron chi connectivity index (χ1n) is 6.52. The number of rotatable bonds is 2. The fraction of sp³-hybridized carbons (Fsp3) is 0.462. The van der Waals surface area contributed by atoms with Crippen molar-refractivity contribution in [1.29, 1.82) is 0 Å². The number of aryl methyl sites for hydroxylation is 2. The first kappa shape index (κ1) is 13.3. The molecule has 2 aromatic heterocycles. The van der Waals surface area contributed by atoms with Crippen molar-refractivity contribution in [3.05, 3.63) is 43.7 Å². The van der Waals surface area contributed by atoms with E-state index in [9.17, 15) is 4.79 Å². The molecule has 0 aliphatic carbocycles. The number of aromatic amines is 2. The minimum atomic E-state index is -0.0958. The van der Waals surface area contributed by atoms with Crippen LogP contribution in [0.25, 0.3) is 0 Å². The van der Waals surface area contributed by atoms with Crippen LogP contribution in [-0.2, 0) is 19.5 Å². The first-order chi connectivity index (χ1) is 9.52. The summed E-state index contributed by atoms with van der Waals surface area (Å²) in [5.74, 6) is 1.52. The molecule has 1 aliphatic rings.